The number of hydrogen-bond donors (Lipinski definition) is 0. The fraction of sp³-hybridized carbons (Fsp3) is 0.769. The molecule has 0 aromatic carbocycles. The van der Waals surface area contributed by atoms with Crippen LogP contribution in [-0.2, 0) is 14.3 Å². The van der Waals surface area contributed by atoms with Gasteiger partial charge in [-0.15, -0.1) is 0 Å². The van der Waals surface area contributed by atoms with Crippen LogP contribution in [0.15, 0.2) is 0 Å². The summed E-state index contributed by atoms with van der Waals surface area (Å²) in [5.74, 6) is 0.397. The predicted octanol–water partition coefficient (Wildman–Crippen LogP) is 0.614. The van der Waals surface area contributed by atoms with Gasteiger partial charge >= 0.3 is 6.09 Å². The molecule has 2 heterocycles. The number of carbonyl (C=O) groups is 3. The summed E-state index contributed by atoms with van der Waals surface area (Å²) < 4.78 is 4.66. The molecule has 3 amide bonds. The SMILES string of the molecule is O=C(C1CCCC1)N1CC(CN2C(=O)COC2=O)C1. The molecule has 1 aliphatic carbocycles. The van der Waals surface area contributed by atoms with E-state index in [0.717, 1.165) is 30.6 Å². The molecule has 3 fully saturated rings. The van der Waals surface area contributed by atoms with Crippen LogP contribution in [0.5, 0.6) is 0 Å². The normalized spacial score (nSPS) is 24.8. The van der Waals surface area contributed by atoms with Crippen LogP contribution >= 0.6 is 0 Å². The Kier molecular flexibility index (Phi) is 3.16. The molecule has 0 aromatic rings. The lowest BCUT2D eigenvalue weighted by atomic mass is 9.96. The molecule has 2 saturated heterocycles. The van der Waals surface area contributed by atoms with Crippen molar-refractivity contribution < 1.29 is 19.1 Å². The highest BCUT2D eigenvalue weighted by Crippen LogP contribution is 2.29. The Morgan fingerprint density at radius 2 is 1.89 bits per heavy atom. The number of nitrogens with zero attached hydrogens (tertiary/aromatic N) is 2. The molecule has 104 valence electrons. The molecule has 2 aliphatic heterocycles. The van der Waals surface area contributed by atoms with Crippen molar-refractivity contribution in [2.45, 2.75) is 25.7 Å². The van der Waals surface area contributed by atoms with Gasteiger partial charge in [-0.25, -0.2) is 9.69 Å². The standard InChI is InChI=1S/C13H18N2O4/c16-11-8-19-13(18)15(11)7-9-5-14(6-9)12(17)10-3-1-2-4-10/h9-10H,1-8H2. The third-order valence-electron chi connectivity index (χ3n) is 4.25. The summed E-state index contributed by atoms with van der Waals surface area (Å²) >= 11 is 0. The van der Waals surface area contributed by atoms with E-state index in [-0.39, 0.29) is 30.3 Å². The first-order valence-corrected chi connectivity index (χ1v) is 6.91. The van der Waals surface area contributed by atoms with E-state index < -0.39 is 6.09 Å². The van der Waals surface area contributed by atoms with Gasteiger partial charge < -0.3 is 9.64 Å². The van der Waals surface area contributed by atoms with Gasteiger partial charge in [0.05, 0.1) is 0 Å². The van der Waals surface area contributed by atoms with E-state index in [1.807, 2.05) is 4.90 Å². The van der Waals surface area contributed by atoms with E-state index in [1.54, 1.807) is 0 Å². The summed E-state index contributed by atoms with van der Waals surface area (Å²) in [4.78, 5) is 37.8. The van der Waals surface area contributed by atoms with Gasteiger partial charge in [-0.3, -0.25) is 9.59 Å². The molecule has 3 aliphatic rings. The molecule has 0 aromatic heterocycles. The van der Waals surface area contributed by atoms with Crippen molar-refractivity contribution in [2.24, 2.45) is 11.8 Å². The molecule has 19 heavy (non-hydrogen) atoms. The fourth-order valence-corrected chi connectivity index (χ4v) is 3.11. The predicted molar refractivity (Wildman–Crippen MR) is 65.1 cm³/mol. The zero-order valence-corrected chi connectivity index (χ0v) is 10.8. The van der Waals surface area contributed by atoms with Crippen LogP contribution < -0.4 is 0 Å². The van der Waals surface area contributed by atoms with Gasteiger partial charge in [0, 0.05) is 31.5 Å². The van der Waals surface area contributed by atoms with Gasteiger partial charge in [0.2, 0.25) is 5.91 Å². The molecular formula is C13H18N2O4. The second kappa shape index (κ2) is 4.83. The Labute approximate surface area is 111 Å². The van der Waals surface area contributed by atoms with Gasteiger partial charge in [0.25, 0.3) is 5.91 Å². The molecule has 0 N–H and O–H groups in total. The number of hydrogen-bond acceptors (Lipinski definition) is 4. The third-order valence-corrected chi connectivity index (χ3v) is 4.25. The average Bonchev–Trinajstić information content (AvgIpc) is 2.96. The first-order chi connectivity index (χ1) is 9.15. The molecule has 0 spiro atoms. The molecule has 3 rings (SSSR count). The fourth-order valence-electron chi connectivity index (χ4n) is 3.11. The largest absolute Gasteiger partial charge is 0.439 e. The minimum absolute atomic E-state index is 0.143. The lowest BCUT2D eigenvalue weighted by Crippen LogP contribution is -2.55. The van der Waals surface area contributed by atoms with Crippen molar-refractivity contribution in [3.8, 4) is 0 Å². The Bertz CT molecular complexity index is 395. The number of ether oxygens (including phenoxy) is 1. The number of imide groups is 1. The van der Waals surface area contributed by atoms with Crippen molar-refractivity contribution in [2.75, 3.05) is 26.2 Å². The summed E-state index contributed by atoms with van der Waals surface area (Å²) in [6, 6.07) is 0. The monoisotopic (exact) mass is 266 g/mol. The Balaban J connectivity index is 1.46. The van der Waals surface area contributed by atoms with Gasteiger partial charge in [0.1, 0.15) is 0 Å². The highest BCUT2D eigenvalue weighted by atomic mass is 16.6. The highest BCUT2D eigenvalue weighted by molar-refractivity contribution is 5.97. The topological polar surface area (TPSA) is 66.9 Å². The van der Waals surface area contributed by atoms with E-state index in [1.165, 1.54) is 0 Å². The van der Waals surface area contributed by atoms with Crippen LogP contribution in [0.2, 0.25) is 0 Å². The van der Waals surface area contributed by atoms with E-state index in [9.17, 15) is 14.4 Å². The van der Waals surface area contributed by atoms with Gasteiger partial charge in [-0.05, 0) is 12.8 Å². The zero-order valence-electron chi connectivity index (χ0n) is 10.8. The first kappa shape index (κ1) is 12.4. The number of cyclic esters (lactones) is 1. The lowest BCUT2D eigenvalue weighted by molar-refractivity contribution is -0.142. The van der Waals surface area contributed by atoms with Crippen LogP contribution in [0, 0.1) is 11.8 Å². The number of amides is 3. The maximum Gasteiger partial charge on any atom is 0.417 e. The van der Waals surface area contributed by atoms with Crippen molar-refractivity contribution in [1.29, 1.82) is 0 Å². The maximum atomic E-state index is 12.1. The minimum atomic E-state index is -0.550. The summed E-state index contributed by atoms with van der Waals surface area (Å²) in [7, 11) is 0. The smallest absolute Gasteiger partial charge is 0.417 e. The number of rotatable bonds is 3. The van der Waals surface area contributed by atoms with Crippen molar-refractivity contribution in [3.05, 3.63) is 0 Å². The van der Waals surface area contributed by atoms with Gasteiger partial charge in [-0.2, -0.15) is 0 Å². The number of likely N-dealkylation sites (tertiary alicyclic amines) is 1. The first-order valence-electron chi connectivity index (χ1n) is 6.91. The highest BCUT2D eigenvalue weighted by Gasteiger charge is 2.39. The van der Waals surface area contributed by atoms with E-state index >= 15 is 0 Å². The summed E-state index contributed by atoms with van der Waals surface area (Å²) in [6.45, 7) is 1.56. The molecule has 0 unspecified atom stereocenters. The average molecular weight is 266 g/mol. The van der Waals surface area contributed by atoms with Gasteiger partial charge in [0.15, 0.2) is 6.61 Å². The Hall–Kier alpha value is -1.59. The summed E-state index contributed by atoms with van der Waals surface area (Å²) in [5, 5.41) is 0. The second-order valence-corrected chi connectivity index (χ2v) is 5.65. The van der Waals surface area contributed by atoms with E-state index in [2.05, 4.69) is 4.74 Å². The summed E-state index contributed by atoms with van der Waals surface area (Å²) in [6.07, 6.45) is 3.78. The second-order valence-electron chi connectivity index (χ2n) is 5.65. The quantitative estimate of drug-likeness (QED) is 0.750. The molecule has 0 bridgehead atoms. The molecular weight excluding hydrogens is 248 g/mol. The molecule has 6 heteroatoms. The van der Waals surface area contributed by atoms with Crippen molar-refractivity contribution in [1.82, 2.24) is 9.80 Å². The lowest BCUT2D eigenvalue weighted by Gasteiger charge is -2.41. The molecule has 0 radical (unpaired) electrons. The maximum absolute atomic E-state index is 12.1. The van der Waals surface area contributed by atoms with E-state index in [0.29, 0.717) is 19.6 Å². The van der Waals surface area contributed by atoms with Gasteiger partial charge in [-0.1, -0.05) is 12.8 Å². The molecule has 6 nitrogen and oxygen atoms in total. The van der Waals surface area contributed by atoms with Crippen LogP contribution in [0.1, 0.15) is 25.7 Å². The Morgan fingerprint density at radius 3 is 2.47 bits per heavy atom. The summed E-state index contributed by atoms with van der Waals surface area (Å²) in [5.41, 5.74) is 0. The van der Waals surface area contributed by atoms with E-state index in [4.69, 9.17) is 0 Å². The third kappa shape index (κ3) is 2.31. The minimum Gasteiger partial charge on any atom is -0.439 e. The van der Waals surface area contributed by atoms with Crippen LogP contribution in [-0.4, -0.2) is 53.9 Å². The Morgan fingerprint density at radius 1 is 1.21 bits per heavy atom. The van der Waals surface area contributed by atoms with Crippen molar-refractivity contribution >= 4 is 17.9 Å². The molecule has 1 saturated carbocycles. The number of carbonyl (C=O) groups excluding carboxylic acids is 3. The van der Waals surface area contributed by atoms with Crippen LogP contribution in [0.3, 0.4) is 0 Å². The van der Waals surface area contributed by atoms with Crippen LogP contribution in [0.25, 0.3) is 0 Å². The zero-order chi connectivity index (χ0) is 13.4. The molecule has 0 atom stereocenters. The van der Waals surface area contributed by atoms with Crippen molar-refractivity contribution in [3.63, 3.8) is 0 Å². The van der Waals surface area contributed by atoms with Crippen LogP contribution in [0.4, 0.5) is 4.79 Å².